The van der Waals surface area contributed by atoms with Gasteiger partial charge in [-0.2, -0.15) is 0 Å². The van der Waals surface area contributed by atoms with Crippen LogP contribution >= 0.6 is 0 Å². The molecule has 1 unspecified atom stereocenters. The van der Waals surface area contributed by atoms with Gasteiger partial charge in [0.2, 0.25) is 11.8 Å². The standard InChI is InChI=1S/C16H20N2O3/c1-21-13-5-3-2-4-12(13)10-18-9-8-14(19)17-15(16(18)20)11-6-7-11/h2-5,11,15H,6-10H2,1H3,(H,17,19). The molecule has 3 rings (SSSR count). The van der Waals surface area contributed by atoms with Gasteiger partial charge in [-0.1, -0.05) is 18.2 Å². The van der Waals surface area contributed by atoms with Crippen LogP contribution < -0.4 is 10.1 Å². The zero-order chi connectivity index (χ0) is 14.8. The van der Waals surface area contributed by atoms with E-state index in [1.54, 1.807) is 12.0 Å². The Morgan fingerprint density at radius 1 is 1.29 bits per heavy atom. The molecule has 1 atom stereocenters. The molecule has 1 N–H and O–H groups in total. The lowest BCUT2D eigenvalue weighted by molar-refractivity contribution is -0.134. The molecule has 1 aromatic carbocycles. The van der Waals surface area contributed by atoms with Crippen LogP contribution in [0.25, 0.3) is 0 Å². The molecule has 21 heavy (non-hydrogen) atoms. The van der Waals surface area contributed by atoms with Crippen molar-refractivity contribution in [2.75, 3.05) is 13.7 Å². The lowest BCUT2D eigenvalue weighted by Crippen LogP contribution is -2.45. The maximum absolute atomic E-state index is 12.6. The molecular weight excluding hydrogens is 268 g/mol. The minimum atomic E-state index is -0.338. The maximum Gasteiger partial charge on any atom is 0.245 e. The minimum absolute atomic E-state index is 0.0252. The second-order valence-electron chi connectivity index (χ2n) is 5.70. The number of hydrogen-bond donors (Lipinski definition) is 1. The number of nitrogens with one attached hydrogen (secondary N) is 1. The van der Waals surface area contributed by atoms with Crippen molar-refractivity contribution < 1.29 is 14.3 Å². The maximum atomic E-state index is 12.6. The Bertz CT molecular complexity index is 554. The monoisotopic (exact) mass is 288 g/mol. The fourth-order valence-electron chi connectivity index (χ4n) is 2.80. The van der Waals surface area contributed by atoms with E-state index in [2.05, 4.69) is 5.32 Å². The van der Waals surface area contributed by atoms with E-state index in [9.17, 15) is 9.59 Å². The van der Waals surface area contributed by atoms with Gasteiger partial charge in [0, 0.05) is 25.1 Å². The van der Waals surface area contributed by atoms with Crippen molar-refractivity contribution in [3.63, 3.8) is 0 Å². The Labute approximate surface area is 124 Å². The Kier molecular flexibility index (Phi) is 3.82. The van der Waals surface area contributed by atoms with Crippen molar-refractivity contribution in [2.24, 2.45) is 5.92 Å². The number of ether oxygens (including phenoxy) is 1. The highest BCUT2D eigenvalue weighted by Gasteiger charge is 2.40. The first kappa shape index (κ1) is 13.9. The van der Waals surface area contributed by atoms with Gasteiger partial charge in [-0.15, -0.1) is 0 Å². The van der Waals surface area contributed by atoms with Gasteiger partial charge < -0.3 is 15.0 Å². The van der Waals surface area contributed by atoms with Crippen LogP contribution in [0.1, 0.15) is 24.8 Å². The van der Waals surface area contributed by atoms with Crippen molar-refractivity contribution in [2.45, 2.75) is 31.8 Å². The van der Waals surface area contributed by atoms with Gasteiger partial charge >= 0.3 is 0 Å². The van der Waals surface area contributed by atoms with Crippen molar-refractivity contribution in [3.05, 3.63) is 29.8 Å². The van der Waals surface area contributed by atoms with E-state index in [0.717, 1.165) is 24.2 Å². The molecule has 2 aliphatic rings. The first-order chi connectivity index (χ1) is 10.2. The van der Waals surface area contributed by atoms with Crippen LogP contribution in [0.15, 0.2) is 24.3 Å². The van der Waals surface area contributed by atoms with Gasteiger partial charge in [0.05, 0.1) is 7.11 Å². The average Bonchev–Trinajstić information content (AvgIpc) is 3.33. The van der Waals surface area contributed by atoms with Crippen LogP contribution in [0.3, 0.4) is 0 Å². The first-order valence-electron chi connectivity index (χ1n) is 7.39. The van der Waals surface area contributed by atoms with E-state index in [4.69, 9.17) is 4.74 Å². The largest absolute Gasteiger partial charge is 0.496 e. The summed E-state index contributed by atoms with van der Waals surface area (Å²) in [5.74, 6) is 1.11. The summed E-state index contributed by atoms with van der Waals surface area (Å²) in [5.41, 5.74) is 0.970. The number of carbonyl (C=O) groups excluding carboxylic acids is 2. The van der Waals surface area contributed by atoms with Gasteiger partial charge in [0.1, 0.15) is 11.8 Å². The van der Waals surface area contributed by atoms with E-state index in [-0.39, 0.29) is 17.9 Å². The molecule has 1 saturated carbocycles. The first-order valence-corrected chi connectivity index (χ1v) is 7.39. The van der Waals surface area contributed by atoms with Crippen LogP contribution in [0.5, 0.6) is 5.75 Å². The Morgan fingerprint density at radius 2 is 2.05 bits per heavy atom. The molecule has 0 radical (unpaired) electrons. The molecule has 5 heteroatoms. The molecule has 112 valence electrons. The molecule has 2 amide bonds. The number of methoxy groups -OCH3 is 1. The number of nitrogens with zero attached hydrogens (tertiary/aromatic N) is 1. The molecule has 1 aromatic rings. The van der Waals surface area contributed by atoms with Crippen molar-refractivity contribution >= 4 is 11.8 Å². The quantitative estimate of drug-likeness (QED) is 0.909. The van der Waals surface area contributed by atoms with Gasteiger partial charge in [0.15, 0.2) is 0 Å². The van der Waals surface area contributed by atoms with Crippen LogP contribution in [-0.2, 0) is 16.1 Å². The zero-order valence-electron chi connectivity index (χ0n) is 12.2. The van der Waals surface area contributed by atoms with Gasteiger partial charge in [0.25, 0.3) is 0 Å². The van der Waals surface area contributed by atoms with E-state index < -0.39 is 0 Å². The number of para-hydroxylation sites is 1. The summed E-state index contributed by atoms with van der Waals surface area (Å²) >= 11 is 0. The predicted octanol–water partition coefficient (Wildman–Crippen LogP) is 1.32. The van der Waals surface area contributed by atoms with E-state index in [0.29, 0.717) is 25.4 Å². The van der Waals surface area contributed by atoms with Crippen molar-refractivity contribution in [1.29, 1.82) is 0 Å². The van der Waals surface area contributed by atoms with E-state index in [1.807, 2.05) is 24.3 Å². The second-order valence-corrected chi connectivity index (χ2v) is 5.70. The SMILES string of the molecule is COc1ccccc1CN1CCC(=O)NC(C2CC2)C1=O. The van der Waals surface area contributed by atoms with Crippen molar-refractivity contribution in [3.8, 4) is 5.75 Å². The molecule has 1 heterocycles. The van der Waals surface area contributed by atoms with E-state index in [1.165, 1.54) is 0 Å². The highest BCUT2D eigenvalue weighted by molar-refractivity contribution is 5.90. The molecule has 1 aliphatic carbocycles. The van der Waals surface area contributed by atoms with Gasteiger partial charge in [-0.05, 0) is 24.8 Å². The summed E-state index contributed by atoms with van der Waals surface area (Å²) in [4.78, 5) is 26.2. The molecule has 0 aromatic heterocycles. The fourth-order valence-corrected chi connectivity index (χ4v) is 2.80. The minimum Gasteiger partial charge on any atom is -0.496 e. The molecule has 0 bridgehead atoms. The average molecular weight is 288 g/mol. The van der Waals surface area contributed by atoms with E-state index >= 15 is 0 Å². The molecule has 5 nitrogen and oxygen atoms in total. The molecule has 1 saturated heterocycles. The lowest BCUT2D eigenvalue weighted by atomic mass is 10.1. The third kappa shape index (κ3) is 3.01. The Morgan fingerprint density at radius 3 is 2.76 bits per heavy atom. The van der Waals surface area contributed by atoms with Crippen LogP contribution in [0.2, 0.25) is 0 Å². The van der Waals surface area contributed by atoms with Crippen molar-refractivity contribution in [1.82, 2.24) is 10.2 Å². The Hall–Kier alpha value is -2.04. The third-order valence-corrected chi connectivity index (χ3v) is 4.15. The summed E-state index contributed by atoms with van der Waals surface area (Å²) in [7, 11) is 1.63. The molecule has 0 spiro atoms. The zero-order valence-corrected chi connectivity index (χ0v) is 12.2. The Balaban J connectivity index is 1.79. The lowest BCUT2D eigenvalue weighted by Gasteiger charge is -2.24. The number of amides is 2. The molecule has 2 fully saturated rings. The summed E-state index contributed by atoms with van der Waals surface area (Å²) in [5, 5.41) is 2.87. The van der Waals surface area contributed by atoms with Gasteiger partial charge in [-0.3, -0.25) is 9.59 Å². The number of carbonyl (C=O) groups is 2. The highest BCUT2D eigenvalue weighted by Crippen LogP contribution is 2.34. The summed E-state index contributed by atoms with van der Waals surface area (Å²) in [6.45, 7) is 0.951. The fraction of sp³-hybridized carbons (Fsp3) is 0.500. The third-order valence-electron chi connectivity index (χ3n) is 4.15. The van der Waals surface area contributed by atoms with Gasteiger partial charge in [-0.25, -0.2) is 0 Å². The number of rotatable bonds is 4. The topological polar surface area (TPSA) is 58.6 Å². The predicted molar refractivity (Wildman–Crippen MR) is 77.7 cm³/mol. The van der Waals surface area contributed by atoms with Crippen LogP contribution in [0.4, 0.5) is 0 Å². The van der Waals surface area contributed by atoms with Crippen LogP contribution in [0, 0.1) is 5.92 Å². The summed E-state index contributed by atoms with van der Waals surface area (Å²) < 4.78 is 5.34. The summed E-state index contributed by atoms with van der Waals surface area (Å²) in [6.07, 6.45) is 2.42. The normalized spacial score (nSPS) is 22.7. The smallest absolute Gasteiger partial charge is 0.245 e. The number of benzene rings is 1. The molecule has 1 aliphatic heterocycles. The second kappa shape index (κ2) is 5.76. The van der Waals surface area contributed by atoms with Crippen LogP contribution in [-0.4, -0.2) is 36.4 Å². The molecular formula is C16H20N2O3. The number of hydrogen-bond acceptors (Lipinski definition) is 3. The highest BCUT2D eigenvalue weighted by atomic mass is 16.5. The summed E-state index contributed by atoms with van der Waals surface area (Å²) in [6, 6.07) is 7.35.